The standard InChI is InChI=1S/C14H26O6/c1-5-17-6-7-18-8-9-19-13(16)12(2)10-14(3,4)20-11-15/h11-12H,5-10H2,1-4H3. The van der Waals surface area contributed by atoms with E-state index >= 15 is 0 Å². The van der Waals surface area contributed by atoms with Gasteiger partial charge >= 0.3 is 5.97 Å². The van der Waals surface area contributed by atoms with Crippen LogP contribution in [0.5, 0.6) is 0 Å². The molecule has 6 nitrogen and oxygen atoms in total. The van der Waals surface area contributed by atoms with E-state index in [0.717, 1.165) is 0 Å². The van der Waals surface area contributed by atoms with Crippen molar-refractivity contribution < 1.29 is 28.5 Å². The Kier molecular flexibility index (Phi) is 10.0. The lowest BCUT2D eigenvalue weighted by Gasteiger charge is -2.25. The van der Waals surface area contributed by atoms with Crippen molar-refractivity contribution in [3.8, 4) is 0 Å². The Balaban J connectivity index is 3.72. The number of hydrogen-bond acceptors (Lipinski definition) is 6. The molecule has 0 heterocycles. The molecule has 0 fully saturated rings. The fourth-order valence-electron chi connectivity index (χ4n) is 1.71. The van der Waals surface area contributed by atoms with Gasteiger partial charge in [0.15, 0.2) is 0 Å². The van der Waals surface area contributed by atoms with E-state index in [9.17, 15) is 9.59 Å². The Morgan fingerprint density at radius 3 is 2.35 bits per heavy atom. The van der Waals surface area contributed by atoms with Gasteiger partial charge in [-0.05, 0) is 27.2 Å². The Hall–Kier alpha value is -1.14. The first kappa shape index (κ1) is 18.9. The van der Waals surface area contributed by atoms with Crippen molar-refractivity contribution in [1.82, 2.24) is 0 Å². The van der Waals surface area contributed by atoms with Crippen LogP contribution >= 0.6 is 0 Å². The number of carbonyl (C=O) groups excluding carboxylic acids is 2. The van der Waals surface area contributed by atoms with Gasteiger partial charge in [-0.3, -0.25) is 9.59 Å². The molecule has 0 bridgehead atoms. The molecule has 0 saturated carbocycles. The summed E-state index contributed by atoms with van der Waals surface area (Å²) in [5, 5.41) is 0. The molecule has 118 valence electrons. The molecule has 0 amide bonds. The Bertz CT molecular complexity index is 277. The maximum absolute atomic E-state index is 11.7. The number of ether oxygens (including phenoxy) is 4. The lowest BCUT2D eigenvalue weighted by molar-refractivity contribution is -0.155. The van der Waals surface area contributed by atoms with Crippen molar-refractivity contribution in [2.24, 2.45) is 5.92 Å². The predicted octanol–water partition coefficient (Wildman–Crippen LogP) is 1.56. The highest BCUT2D eigenvalue weighted by molar-refractivity contribution is 5.72. The number of carbonyl (C=O) groups is 2. The molecule has 0 aromatic carbocycles. The quantitative estimate of drug-likeness (QED) is 0.308. The molecule has 0 spiro atoms. The Morgan fingerprint density at radius 2 is 1.75 bits per heavy atom. The van der Waals surface area contributed by atoms with Crippen LogP contribution in [-0.2, 0) is 28.5 Å². The van der Waals surface area contributed by atoms with Crippen LogP contribution in [0.3, 0.4) is 0 Å². The molecule has 0 saturated heterocycles. The van der Waals surface area contributed by atoms with Crippen LogP contribution in [0, 0.1) is 5.92 Å². The van der Waals surface area contributed by atoms with Crippen molar-refractivity contribution in [3.05, 3.63) is 0 Å². The van der Waals surface area contributed by atoms with Crippen molar-refractivity contribution in [2.45, 2.75) is 39.7 Å². The van der Waals surface area contributed by atoms with Crippen LogP contribution in [0.2, 0.25) is 0 Å². The normalized spacial score (nSPS) is 12.8. The van der Waals surface area contributed by atoms with E-state index in [0.29, 0.717) is 39.3 Å². The van der Waals surface area contributed by atoms with Gasteiger partial charge in [0.2, 0.25) is 0 Å². The zero-order valence-electron chi connectivity index (χ0n) is 12.8. The Labute approximate surface area is 120 Å². The minimum atomic E-state index is -0.672. The lowest BCUT2D eigenvalue weighted by Crippen LogP contribution is -2.30. The van der Waals surface area contributed by atoms with Crippen LogP contribution in [-0.4, -0.2) is 51.1 Å². The van der Waals surface area contributed by atoms with Gasteiger partial charge in [0.1, 0.15) is 12.2 Å². The second-order valence-electron chi connectivity index (χ2n) is 5.06. The lowest BCUT2D eigenvalue weighted by atomic mass is 9.95. The van der Waals surface area contributed by atoms with Gasteiger partial charge in [-0.15, -0.1) is 0 Å². The van der Waals surface area contributed by atoms with E-state index in [1.807, 2.05) is 6.92 Å². The van der Waals surface area contributed by atoms with Gasteiger partial charge in [-0.1, -0.05) is 6.92 Å². The van der Waals surface area contributed by atoms with Crippen LogP contribution in [0.1, 0.15) is 34.1 Å². The minimum Gasteiger partial charge on any atom is -0.463 e. The maximum atomic E-state index is 11.7. The van der Waals surface area contributed by atoms with Gasteiger partial charge < -0.3 is 18.9 Å². The topological polar surface area (TPSA) is 71.1 Å². The molecular formula is C14H26O6. The van der Waals surface area contributed by atoms with Crippen LogP contribution in [0.15, 0.2) is 0 Å². The average Bonchev–Trinajstić information content (AvgIpc) is 2.36. The summed E-state index contributed by atoms with van der Waals surface area (Å²) in [5.41, 5.74) is -0.672. The SMILES string of the molecule is CCOCCOCCOC(=O)C(C)CC(C)(C)OC=O. The molecule has 0 rings (SSSR count). The van der Waals surface area contributed by atoms with Gasteiger partial charge in [-0.2, -0.15) is 0 Å². The van der Waals surface area contributed by atoms with E-state index in [2.05, 4.69) is 0 Å². The molecule has 0 aromatic heterocycles. The minimum absolute atomic E-state index is 0.213. The summed E-state index contributed by atoms with van der Waals surface area (Å²) in [6, 6.07) is 0. The largest absolute Gasteiger partial charge is 0.463 e. The summed E-state index contributed by atoms with van der Waals surface area (Å²) in [7, 11) is 0. The number of rotatable bonds is 12. The van der Waals surface area contributed by atoms with Crippen LogP contribution in [0.4, 0.5) is 0 Å². The predicted molar refractivity (Wildman–Crippen MR) is 73.3 cm³/mol. The summed E-state index contributed by atoms with van der Waals surface area (Å²) in [4.78, 5) is 22.0. The average molecular weight is 290 g/mol. The first-order chi connectivity index (χ1) is 9.43. The first-order valence-corrected chi connectivity index (χ1v) is 6.86. The highest BCUT2D eigenvalue weighted by atomic mass is 16.6. The summed E-state index contributed by atoms with van der Waals surface area (Å²) >= 11 is 0. The molecule has 0 N–H and O–H groups in total. The van der Waals surface area contributed by atoms with E-state index in [1.165, 1.54) is 0 Å². The molecular weight excluding hydrogens is 264 g/mol. The highest BCUT2D eigenvalue weighted by Crippen LogP contribution is 2.20. The third-order valence-corrected chi connectivity index (χ3v) is 2.62. The number of hydrogen-bond donors (Lipinski definition) is 0. The number of esters is 1. The van der Waals surface area contributed by atoms with E-state index in [1.54, 1.807) is 20.8 Å². The fourth-order valence-corrected chi connectivity index (χ4v) is 1.71. The summed E-state index contributed by atoms with van der Waals surface area (Å²) in [6.07, 6.45) is 0.412. The van der Waals surface area contributed by atoms with Crippen LogP contribution in [0.25, 0.3) is 0 Å². The van der Waals surface area contributed by atoms with Gasteiger partial charge in [-0.25, -0.2) is 0 Å². The van der Waals surface area contributed by atoms with E-state index in [-0.39, 0.29) is 18.5 Å². The van der Waals surface area contributed by atoms with E-state index < -0.39 is 5.60 Å². The van der Waals surface area contributed by atoms with E-state index in [4.69, 9.17) is 18.9 Å². The summed E-state index contributed by atoms with van der Waals surface area (Å²) < 4.78 is 20.3. The zero-order chi connectivity index (χ0) is 15.4. The van der Waals surface area contributed by atoms with Gasteiger partial charge in [0.25, 0.3) is 6.47 Å². The third-order valence-electron chi connectivity index (χ3n) is 2.62. The molecule has 0 aliphatic heterocycles. The zero-order valence-corrected chi connectivity index (χ0v) is 12.8. The molecule has 6 heteroatoms. The van der Waals surface area contributed by atoms with Crippen molar-refractivity contribution in [3.63, 3.8) is 0 Å². The molecule has 0 aliphatic rings. The molecule has 20 heavy (non-hydrogen) atoms. The smallest absolute Gasteiger partial charge is 0.308 e. The molecule has 1 unspecified atom stereocenters. The Morgan fingerprint density at radius 1 is 1.15 bits per heavy atom. The molecule has 0 radical (unpaired) electrons. The second-order valence-corrected chi connectivity index (χ2v) is 5.06. The van der Waals surface area contributed by atoms with Crippen LogP contribution < -0.4 is 0 Å². The molecule has 0 aliphatic carbocycles. The summed E-state index contributed by atoms with van der Waals surface area (Å²) in [5.74, 6) is -0.658. The van der Waals surface area contributed by atoms with Gasteiger partial charge in [0.05, 0.1) is 25.7 Å². The molecule has 0 aromatic rings. The second kappa shape index (κ2) is 10.6. The monoisotopic (exact) mass is 290 g/mol. The van der Waals surface area contributed by atoms with Gasteiger partial charge in [0, 0.05) is 6.61 Å². The fraction of sp³-hybridized carbons (Fsp3) is 0.857. The molecule has 1 atom stereocenters. The first-order valence-electron chi connectivity index (χ1n) is 6.86. The summed E-state index contributed by atoms with van der Waals surface area (Å²) in [6.45, 7) is 9.80. The third kappa shape index (κ3) is 9.75. The maximum Gasteiger partial charge on any atom is 0.308 e. The van der Waals surface area contributed by atoms with Crippen molar-refractivity contribution >= 4 is 12.4 Å². The highest BCUT2D eigenvalue weighted by Gasteiger charge is 2.26. The van der Waals surface area contributed by atoms with Crippen molar-refractivity contribution in [1.29, 1.82) is 0 Å². The van der Waals surface area contributed by atoms with Crippen molar-refractivity contribution in [2.75, 3.05) is 33.0 Å².